The summed E-state index contributed by atoms with van der Waals surface area (Å²) >= 11 is 0. The summed E-state index contributed by atoms with van der Waals surface area (Å²) in [6.45, 7) is 25.7. The van der Waals surface area contributed by atoms with Crippen LogP contribution >= 0.6 is 0 Å². The van der Waals surface area contributed by atoms with Crippen LogP contribution in [0.5, 0.6) is 0 Å². The molecule has 0 heterocycles. The highest BCUT2D eigenvalue weighted by Crippen LogP contribution is 2.78. The lowest BCUT2D eigenvalue weighted by molar-refractivity contribution is -0.233. The summed E-state index contributed by atoms with van der Waals surface area (Å²) < 4.78 is 5.64. The molecule has 1 aromatic rings. The van der Waals surface area contributed by atoms with E-state index in [1.807, 2.05) is 39.1 Å². The van der Waals surface area contributed by atoms with Gasteiger partial charge < -0.3 is 9.94 Å². The number of hydrogen-bond acceptors (Lipinski definition) is 4. The summed E-state index contributed by atoms with van der Waals surface area (Å²) in [5.41, 5.74) is 3.99. The van der Waals surface area contributed by atoms with Crippen molar-refractivity contribution in [2.75, 3.05) is 0 Å². The lowest BCUT2D eigenvalue weighted by atomic mass is 9.32. The number of allylic oxidation sites excluding steroid dienone is 1. The van der Waals surface area contributed by atoms with Crippen molar-refractivity contribution in [1.29, 1.82) is 0 Å². The van der Waals surface area contributed by atoms with Gasteiger partial charge in [-0.2, -0.15) is 0 Å². The van der Waals surface area contributed by atoms with Crippen molar-refractivity contribution in [1.82, 2.24) is 0 Å². The molecule has 0 aromatic heterocycles. The lowest BCUT2D eigenvalue weighted by Crippen LogP contribution is -2.66. The normalized spacial score (nSPS) is 43.9. The molecule has 0 aliphatic heterocycles. The fourth-order valence-corrected chi connectivity index (χ4v) is 13.3. The monoisotopic (exact) mass is 615 g/mol. The van der Waals surface area contributed by atoms with E-state index in [0.29, 0.717) is 46.0 Å². The van der Waals surface area contributed by atoms with Crippen molar-refractivity contribution in [3.8, 4) is 0 Å². The van der Waals surface area contributed by atoms with Gasteiger partial charge in [-0.3, -0.25) is 0 Å². The maximum atomic E-state index is 12.7. The Labute approximate surface area is 273 Å². The third-order valence-electron chi connectivity index (χ3n) is 15.4. The molecule has 1 aromatic carbocycles. The summed E-state index contributed by atoms with van der Waals surface area (Å²) in [6, 6.07) is 8.38. The van der Waals surface area contributed by atoms with Gasteiger partial charge in [0.15, 0.2) is 0 Å². The maximum absolute atomic E-state index is 12.7. The van der Waals surface area contributed by atoms with Gasteiger partial charge in [-0.1, -0.05) is 58.9 Å². The summed E-state index contributed by atoms with van der Waals surface area (Å²) in [5.74, 6) is 3.38. The van der Waals surface area contributed by atoms with E-state index < -0.39 is 5.60 Å². The zero-order chi connectivity index (χ0) is 32.8. The molecule has 0 spiro atoms. The molecule has 4 heteroatoms. The molecule has 0 bridgehead atoms. The smallest absolute Gasteiger partial charge is 0.338 e. The minimum Gasteiger partial charge on any atom is -0.456 e. The van der Waals surface area contributed by atoms with Gasteiger partial charge in [-0.25, -0.2) is 4.79 Å². The van der Waals surface area contributed by atoms with Gasteiger partial charge in [-0.05, 0) is 167 Å². The Balaban J connectivity index is 1.28. The molecule has 0 amide bonds. The molecule has 5 aliphatic rings. The van der Waals surface area contributed by atoms with E-state index in [1.54, 1.807) is 0 Å². The van der Waals surface area contributed by atoms with Crippen LogP contribution in [0.25, 0.3) is 0 Å². The number of benzene rings is 1. The average molecular weight is 616 g/mol. The van der Waals surface area contributed by atoms with Crippen LogP contribution in [0.3, 0.4) is 0 Å². The van der Waals surface area contributed by atoms with Crippen LogP contribution in [0.4, 0.5) is 0 Å². The molecule has 248 valence electrons. The third-order valence-corrected chi connectivity index (χ3v) is 15.4. The van der Waals surface area contributed by atoms with E-state index in [4.69, 9.17) is 4.74 Å². The fourth-order valence-electron chi connectivity index (χ4n) is 13.3. The van der Waals surface area contributed by atoms with Crippen LogP contribution in [0.1, 0.15) is 148 Å². The van der Waals surface area contributed by atoms with Crippen LogP contribution < -0.4 is 0 Å². The van der Waals surface area contributed by atoms with Gasteiger partial charge in [0.05, 0.1) is 11.8 Å². The third kappa shape index (κ3) is 4.80. The van der Waals surface area contributed by atoms with Crippen molar-refractivity contribution < 1.29 is 14.7 Å². The van der Waals surface area contributed by atoms with Crippen molar-refractivity contribution in [3.63, 3.8) is 0 Å². The Morgan fingerprint density at radius 2 is 1.58 bits per heavy atom. The zero-order valence-electron chi connectivity index (χ0n) is 29.8. The number of hydrogen-bond donors (Lipinski definition) is 1. The van der Waals surface area contributed by atoms with Crippen LogP contribution in [0, 0.1) is 56.7 Å². The molecule has 2 unspecified atom stereocenters. The van der Waals surface area contributed by atoms with Crippen molar-refractivity contribution >= 4 is 12.2 Å². The van der Waals surface area contributed by atoms with E-state index in [-0.39, 0.29) is 22.2 Å². The first-order valence-corrected chi connectivity index (χ1v) is 18.1. The Hall–Kier alpha value is -2.10. The Morgan fingerprint density at radius 1 is 0.889 bits per heavy atom. The van der Waals surface area contributed by atoms with Crippen molar-refractivity contribution in [2.24, 2.45) is 61.8 Å². The second-order valence-electron chi connectivity index (χ2n) is 18.7. The first-order valence-electron chi connectivity index (χ1n) is 18.1. The number of carbonyl (C=O) groups excluding carboxylic acids is 1. The number of rotatable bonds is 4. The van der Waals surface area contributed by atoms with E-state index in [0.717, 1.165) is 18.8 Å². The second kappa shape index (κ2) is 10.7. The zero-order valence-corrected chi connectivity index (χ0v) is 29.8. The van der Waals surface area contributed by atoms with Crippen LogP contribution in [-0.4, -0.2) is 23.0 Å². The Morgan fingerprint density at radius 3 is 2.20 bits per heavy atom. The minimum absolute atomic E-state index is 0.0337. The van der Waals surface area contributed by atoms with Crippen LogP contribution in [0.2, 0.25) is 0 Å². The molecule has 0 radical (unpaired) electrons. The molecular formula is C41H61NO3. The molecule has 5 saturated carbocycles. The number of oxime groups is 1. The predicted molar refractivity (Wildman–Crippen MR) is 184 cm³/mol. The standard InChI is InChI=1S/C41H61NO3/c1-26(2)29-17-22-41(25-42-44)24-23-39(9)31(34(29)41)15-16-33-38(8)20-18-30(37(6,7)32(38)19-21-40(33,39)10)27-11-13-28(14-12-27)35(43)45-36(3,4)5/h11-14,25,29-34,44H,1,15-24H2,2-10H3/b42-25+/t29-,30?,31+,32-,33+,34+,38-,39+,40+,41?/m0/s1. The molecule has 6 rings (SSSR count). The number of fused-ring (bicyclic) bond motifs is 7. The fraction of sp³-hybridized carbons (Fsp3) is 0.756. The number of esters is 1. The summed E-state index contributed by atoms with van der Waals surface area (Å²) in [6.07, 6.45) is 14.4. The van der Waals surface area contributed by atoms with Crippen LogP contribution in [-0.2, 0) is 4.74 Å². The van der Waals surface area contributed by atoms with Crippen LogP contribution in [0.15, 0.2) is 41.6 Å². The molecule has 5 aliphatic carbocycles. The van der Waals surface area contributed by atoms with Gasteiger partial charge >= 0.3 is 5.97 Å². The van der Waals surface area contributed by atoms with Crippen molar-refractivity contribution in [3.05, 3.63) is 47.5 Å². The lowest BCUT2D eigenvalue weighted by Gasteiger charge is -2.73. The molecule has 10 atom stereocenters. The number of nitrogens with zero attached hydrogens (tertiary/aromatic N) is 1. The largest absolute Gasteiger partial charge is 0.456 e. The minimum atomic E-state index is -0.491. The quantitative estimate of drug-likeness (QED) is 0.120. The predicted octanol–water partition coefficient (Wildman–Crippen LogP) is 10.8. The molecule has 1 N–H and O–H groups in total. The molecule has 45 heavy (non-hydrogen) atoms. The van der Waals surface area contributed by atoms with Gasteiger partial charge in [0.25, 0.3) is 0 Å². The number of ether oxygens (including phenoxy) is 1. The first kappa shape index (κ1) is 32.8. The van der Waals surface area contributed by atoms with E-state index >= 15 is 0 Å². The molecular weight excluding hydrogens is 554 g/mol. The van der Waals surface area contributed by atoms with E-state index in [2.05, 4.69) is 65.4 Å². The second-order valence-corrected chi connectivity index (χ2v) is 18.7. The SMILES string of the molecule is C=C(C)[C@@H]1CCC2(/C=N/O)CC[C@]3(C)[C@H](CC[C@@H]4[C@@]5(C)CCC(c6ccc(C(=O)OC(C)(C)C)cc6)C(C)(C)[C@@H]5CC[C@]43C)[C@@H]12. The molecule has 5 fully saturated rings. The average Bonchev–Trinajstić information content (AvgIpc) is 3.32. The van der Waals surface area contributed by atoms with E-state index in [9.17, 15) is 10.0 Å². The highest BCUT2D eigenvalue weighted by Gasteiger charge is 2.70. The Bertz CT molecular complexity index is 1350. The van der Waals surface area contributed by atoms with Gasteiger partial charge in [0.2, 0.25) is 0 Å². The Kier molecular flexibility index (Phi) is 7.81. The maximum Gasteiger partial charge on any atom is 0.338 e. The molecule has 0 saturated heterocycles. The van der Waals surface area contributed by atoms with E-state index in [1.165, 1.54) is 62.5 Å². The topological polar surface area (TPSA) is 58.9 Å². The summed E-state index contributed by atoms with van der Waals surface area (Å²) in [7, 11) is 0. The summed E-state index contributed by atoms with van der Waals surface area (Å²) in [4.78, 5) is 12.7. The number of carbonyl (C=O) groups is 1. The molecule has 4 nitrogen and oxygen atoms in total. The summed E-state index contributed by atoms with van der Waals surface area (Å²) in [5, 5.41) is 13.5. The van der Waals surface area contributed by atoms with Gasteiger partial charge in [0, 0.05) is 5.41 Å². The highest BCUT2D eigenvalue weighted by molar-refractivity contribution is 5.89. The first-order chi connectivity index (χ1) is 20.9. The van der Waals surface area contributed by atoms with Gasteiger partial charge in [-0.15, -0.1) is 5.16 Å². The van der Waals surface area contributed by atoms with Gasteiger partial charge in [0.1, 0.15) is 5.60 Å². The highest BCUT2D eigenvalue weighted by atomic mass is 16.6. The van der Waals surface area contributed by atoms with Crippen molar-refractivity contribution in [2.45, 2.75) is 138 Å².